The Morgan fingerprint density at radius 1 is 1.03 bits per heavy atom. The van der Waals surface area contributed by atoms with E-state index in [2.05, 4.69) is 6.58 Å². The Morgan fingerprint density at radius 3 is 2.31 bits per heavy atom. The van der Waals surface area contributed by atoms with E-state index in [4.69, 9.17) is 4.42 Å². The number of hydrogen-bond donors (Lipinski definition) is 5. The molecule has 0 saturated carbocycles. The fraction of sp³-hybridized carbons (Fsp3) is 0.240. The first-order valence-electron chi connectivity index (χ1n) is 10.0. The average molecular weight is 438 g/mol. The van der Waals surface area contributed by atoms with Crippen molar-refractivity contribution in [3.8, 4) is 34.3 Å². The summed E-state index contributed by atoms with van der Waals surface area (Å²) in [5.74, 6) is -1.25. The maximum absolute atomic E-state index is 13.5. The highest BCUT2D eigenvalue weighted by molar-refractivity contribution is 5.90. The molecule has 3 rings (SSSR count). The third-order valence-corrected chi connectivity index (χ3v) is 5.23. The molecule has 0 amide bonds. The van der Waals surface area contributed by atoms with Crippen molar-refractivity contribution in [2.75, 3.05) is 0 Å². The van der Waals surface area contributed by atoms with Gasteiger partial charge in [0.05, 0.1) is 11.7 Å². The van der Waals surface area contributed by atoms with E-state index in [1.807, 2.05) is 19.9 Å². The predicted molar refractivity (Wildman–Crippen MR) is 122 cm³/mol. The Bertz CT molecular complexity index is 1290. The summed E-state index contributed by atoms with van der Waals surface area (Å²) in [6.07, 6.45) is 0.854. The first-order valence-corrected chi connectivity index (χ1v) is 10.0. The summed E-state index contributed by atoms with van der Waals surface area (Å²) in [6, 6.07) is 4.92. The number of hydrogen-bond acceptors (Lipinski definition) is 7. The molecule has 7 heteroatoms. The second-order valence-corrected chi connectivity index (χ2v) is 8.09. The number of aliphatic hydroxyl groups is 1. The molecule has 1 atom stereocenters. The van der Waals surface area contributed by atoms with Crippen molar-refractivity contribution in [1.29, 1.82) is 0 Å². The molecule has 7 nitrogen and oxygen atoms in total. The van der Waals surface area contributed by atoms with Gasteiger partial charge in [-0.25, -0.2) is 0 Å². The van der Waals surface area contributed by atoms with Crippen LogP contribution in [0.15, 0.2) is 57.3 Å². The monoisotopic (exact) mass is 438 g/mol. The van der Waals surface area contributed by atoms with Gasteiger partial charge < -0.3 is 29.9 Å². The molecule has 0 aliphatic rings. The molecule has 3 aromatic rings. The first kappa shape index (κ1) is 23.0. The van der Waals surface area contributed by atoms with Crippen molar-refractivity contribution in [1.82, 2.24) is 0 Å². The number of rotatable bonds is 6. The fourth-order valence-corrected chi connectivity index (χ4v) is 3.41. The molecule has 0 fully saturated rings. The van der Waals surface area contributed by atoms with E-state index in [0.717, 1.165) is 17.7 Å². The highest BCUT2D eigenvalue weighted by atomic mass is 16.3. The zero-order valence-corrected chi connectivity index (χ0v) is 18.1. The number of phenols is 4. The van der Waals surface area contributed by atoms with Gasteiger partial charge in [-0.2, -0.15) is 0 Å². The SMILES string of the molecule is C=C(C)C(O)Cc1c(O)cc(O)c2c(=O)c(CC=C(C)C)c(-c3ccc(O)cc3O)oc12. The minimum atomic E-state index is -1.02. The van der Waals surface area contributed by atoms with Crippen molar-refractivity contribution < 1.29 is 29.9 Å². The predicted octanol–water partition coefficient (Wildman–Crippen LogP) is 4.27. The van der Waals surface area contributed by atoms with E-state index < -0.39 is 17.3 Å². The molecule has 1 heterocycles. The van der Waals surface area contributed by atoms with Crippen molar-refractivity contribution in [2.45, 2.75) is 39.7 Å². The largest absolute Gasteiger partial charge is 0.508 e. The van der Waals surface area contributed by atoms with Crippen LogP contribution in [0.2, 0.25) is 0 Å². The van der Waals surface area contributed by atoms with Gasteiger partial charge in [0, 0.05) is 29.7 Å². The van der Waals surface area contributed by atoms with Crippen LogP contribution in [0.25, 0.3) is 22.3 Å². The number of phenolic OH excluding ortho intramolecular Hbond substituents is 4. The van der Waals surface area contributed by atoms with E-state index >= 15 is 0 Å². The van der Waals surface area contributed by atoms with Crippen LogP contribution in [0.3, 0.4) is 0 Å². The Kier molecular flexibility index (Phi) is 6.32. The maximum Gasteiger partial charge on any atom is 0.200 e. The van der Waals surface area contributed by atoms with Crippen LogP contribution in [0.5, 0.6) is 23.0 Å². The maximum atomic E-state index is 13.5. The lowest BCUT2D eigenvalue weighted by Crippen LogP contribution is -2.15. The van der Waals surface area contributed by atoms with Gasteiger partial charge >= 0.3 is 0 Å². The third-order valence-electron chi connectivity index (χ3n) is 5.23. The topological polar surface area (TPSA) is 131 Å². The Labute approximate surface area is 184 Å². The van der Waals surface area contributed by atoms with E-state index in [0.29, 0.717) is 5.57 Å². The lowest BCUT2D eigenvalue weighted by molar-refractivity contribution is 0.210. The molecular formula is C25H26O7. The second kappa shape index (κ2) is 8.80. The molecule has 0 radical (unpaired) electrons. The van der Waals surface area contributed by atoms with E-state index in [1.165, 1.54) is 12.1 Å². The molecule has 0 spiro atoms. The van der Waals surface area contributed by atoms with Gasteiger partial charge in [-0.3, -0.25) is 4.79 Å². The van der Waals surface area contributed by atoms with Gasteiger partial charge in [-0.05, 0) is 39.3 Å². The number of allylic oxidation sites excluding steroid dienone is 2. The zero-order chi connectivity index (χ0) is 23.7. The summed E-state index contributed by atoms with van der Waals surface area (Å²) < 4.78 is 6.05. The second-order valence-electron chi connectivity index (χ2n) is 8.09. The highest BCUT2D eigenvalue weighted by Crippen LogP contribution is 2.40. The van der Waals surface area contributed by atoms with Crippen LogP contribution in [-0.4, -0.2) is 31.6 Å². The Morgan fingerprint density at radius 2 is 1.72 bits per heavy atom. The minimum absolute atomic E-state index is 0.0357. The molecule has 168 valence electrons. The Hall–Kier alpha value is -3.71. The molecule has 2 aromatic carbocycles. The molecule has 1 unspecified atom stereocenters. The van der Waals surface area contributed by atoms with E-state index in [9.17, 15) is 30.3 Å². The first-order chi connectivity index (χ1) is 15.0. The molecule has 0 bridgehead atoms. The van der Waals surface area contributed by atoms with Crippen LogP contribution in [-0.2, 0) is 12.8 Å². The zero-order valence-electron chi connectivity index (χ0n) is 18.1. The van der Waals surface area contributed by atoms with Crippen LogP contribution in [0.4, 0.5) is 0 Å². The lowest BCUT2D eigenvalue weighted by atomic mass is 9.96. The summed E-state index contributed by atoms with van der Waals surface area (Å²) in [5.41, 5.74) is 1.24. The summed E-state index contributed by atoms with van der Waals surface area (Å²) in [7, 11) is 0. The van der Waals surface area contributed by atoms with E-state index in [1.54, 1.807) is 6.92 Å². The van der Waals surface area contributed by atoms with Crippen LogP contribution in [0, 0.1) is 0 Å². The molecule has 1 aromatic heterocycles. The third kappa shape index (κ3) is 4.33. The minimum Gasteiger partial charge on any atom is -0.508 e. The molecule has 32 heavy (non-hydrogen) atoms. The van der Waals surface area contributed by atoms with Gasteiger partial charge in [-0.15, -0.1) is 0 Å². The molecule has 0 aliphatic carbocycles. The number of aromatic hydroxyl groups is 4. The van der Waals surface area contributed by atoms with E-state index in [-0.39, 0.29) is 63.5 Å². The average Bonchev–Trinajstić information content (AvgIpc) is 2.69. The van der Waals surface area contributed by atoms with Gasteiger partial charge in [0.1, 0.15) is 39.7 Å². The van der Waals surface area contributed by atoms with Crippen molar-refractivity contribution in [3.05, 3.63) is 69.4 Å². The van der Waals surface area contributed by atoms with Gasteiger partial charge in [0.2, 0.25) is 5.43 Å². The smallest absolute Gasteiger partial charge is 0.200 e. The molecule has 0 aliphatic heterocycles. The van der Waals surface area contributed by atoms with Crippen LogP contribution >= 0.6 is 0 Å². The Balaban J connectivity index is 2.44. The van der Waals surface area contributed by atoms with Crippen molar-refractivity contribution >= 4 is 11.0 Å². The van der Waals surface area contributed by atoms with Gasteiger partial charge in [0.25, 0.3) is 0 Å². The molecule has 5 N–H and O–H groups in total. The summed E-state index contributed by atoms with van der Waals surface area (Å²) >= 11 is 0. The normalized spacial score (nSPS) is 12.0. The number of benzene rings is 2. The van der Waals surface area contributed by atoms with Crippen LogP contribution < -0.4 is 5.43 Å². The summed E-state index contributed by atoms with van der Waals surface area (Å²) in [6.45, 7) is 9.06. The van der Waals surface area contributed by atoms with Gasteiger partial charge in [0.15, 0.2) is 0 Å². The lowest BCUT2D eigenvalue weighted by Gasteiger charge is -2.16. The summed E-state index contributed by atoms with van der Waals surface area (Å²) in [5, 5.41) is 51.2. The number of aliphatic hydroxyl groups excluding tert-OH is 1. The highest BCUT2D eigenvalue weighted by Gasteiger charge is 2.25. The van der Waals surface area contributed by atoms with Crippen molar-refractivity contribution in [3.63, 3.8) is 0 Å². The van der Waals surface area contributed by atoms with Crippen LogP contribution in [0.1, 0.15) is 31.9 Å². The molecular weight excluding hydrogens is 412 g/mol. The standard InChI is InChI=1S/C25H26O7/c1-12(2)5-7-16-23(31)22-21(30)11-20(29)17(10-18(27)13(3)4)25(22)32-24(16)15-8-6-14(26)9-19(15)28/h5-6,8-9,11,18,26-30H,3,7,10H2,1-2,4H3. The summed E-state index contributed by atoms with van der Waals surface area (Å²) in [4.78, 5) is 13.5. The van der Waals surface area contributed by atoms with Gasteiger partial charge in [-0.1, -0.05) is 23.8 Å². The fourth-order valence-electron chi connectivity index (χ4n) is 3.41. The van der Waals surface area contributed by atoms with Crippen molar-refractivity contribution in [2.24, 2.45) is 0 Å². The number of fused-ring (bicyclic) bond motifs is 1. The quantitative estimate of drug-likeness (QED) is 0.363. The molecule has 0 saturated heterocycles.